The van der Waals surface area contributed by atoms with Crippen molar-refractivity contribution in [2.24, 2.45) is 5.92 Å². The van der Waals surface area contributed by atoms with Gasteiger partial charge < -0.3 is 15.6 Å². The fraction of sp³-hybridized carbons (Fsp3) is 0.625. The highest BCUT2D eigenvalue weighted by atomic mass is 19.4. The monoisotopic (exact) mass is 345 g/mol. The first-order chi connectivity index (χ1) is 11.2. The molecule has 0 saturated heterocycles. The van der Waals surface area contributed by atoms with E-state index in [1.54, 1.807) is 19.9 Å². The van der Waals surface area contributed by atoms with Crippen LogP contribution in [0.25, 0.3) is 0 Å². The first-order valence-electron chi connectivity index (χ1n) is 7.97. The van der Waals surface area contributed by atoms with Gasteiger partial charge in [-0.3, -0.25) is 4.79 Å². The number of amides is 2. The molecule has 2 amide bonds. The summed E-state index contributed by atoms with van der Waals surface area (Å²) in [7, 11) is 0. The van der Waals surface area contributed by atoms with Gasteiger partial charge in [0.25, 0.3) is 5.56 Å². The second-order valence-corrected chi connectivity index (χ2v) is 6.37. The summed E-state index contributed by atoms with van der Waals surface area (Å²) < 4.78 is 38.3. The molecule has 1 aliphatic rings. The smallest absolute Gasteiger partial charge is 0.335 e. The minimum Gasteiger partial charge on any atom is -0.335 e. The van der Waals surface area contributed by atoms with Crippen molar-refractivity contribution in [1.29, 1.82) is 0 Å². The van der Waals surface area contributed by atoms with Crippen LogP contribution in [0.1, 0.15) is 42.5 Å². The lowest BCUT2D eigenvalue weighted by Crippen LogP contribution is -2.46. The van der Waals surface area contributed by atoms with E-state index >= 15 is 0 Å². The quantitative estimate of drug-likeness (QED) is 0.788. The van der Waals surface area contributed by atoms with E-state index in [0.717, 1.165) is 11.3 Å². The van der Waals surface area contributed by atoms with Crippen LogP contribution in [0.3, 0.4) is 0 Å². The number of alkyl halides is 3. The number of hydrogen-bond donors (Lipinski definition) is 3. The molecular weight excluding hydrogens is 323 g/mol. The number of aromatic nitrogens is 1. The second kappa shape index (κ2) is 7.27. The molecule has 1 fully saturated rings. The van der Waals surface area contributed by atoms with Crippen LogP contribution >= 0.6 is 0 Å². The highest BCUT2D eigenvalue weighted by Crippen LogP contribution is 2.37. The SMILES string of the molecule is Cc1cc(C)c(CNC(=O)N[C@H]2CCC[C@H](C(F)(F)F)C2)c(=O)[nH]1. The van der Waals surface area contributed by atoms with E-state index in [4.69, 9.17) is 0 Å². The third-order valence-corrected chi connectivity index (χ3v) is 4.39. The van der Waals surface area contributed by atoms with Gasteiger partial charge in [0.05, 0.1) is 12.5 Å². The van der Waals surface area contributed by atoms with Crippen LogP contribution in [0.15, 0.2) is 10.9 Å². The van der Waals surface area contributed by atoms with Crippen LogP contribution in [0.4, 0.5) is 18.0 Å². The van der Waals surface area contributed by atoms with Crippen LogP contribution in [0.5, 0.6) is 0 Å². The van der Waals surface area contributed by atoms with Crippen LogP contribution in [0, 0.1) is 19.8 Å². The van der Waals surface area contributed by atoms with E-state index in [2.05, 4.69) is 15.6 Å². The van der Waals surface area contributed by atoms with Crippen molar-refractivity contribution >= 4 is 6.03 Å². The average Bonchev–Trinajstić information content (AvgIpc) is 2.45. The van der Waals surface area contributed by atoms with Gasteiger partial charge in [-0.2, -0.15) is 13.2 Å². The standard InChI is InChI=1S/C16H22F3N3O2/c1-9-6-10(2)21-14(23)13(9)8-20-15(24)22-12-5-3-4-11(7-12)16(17,18)19/h6,11-12H,3-5,7-8H2,1-2H3,(H,21,23)(H2,20,22,24)/t11-,12-/m0/s1. The Hall–Kier alpha value is -1.99. The molecule has 0 bridgehead atoms. The molecule has 3 N–H and O–H groups in total. The first-order valence-corrected chi connectivity index (χ1v) is 7.97. The average molecular weight is 345 g/mol. The Bertz CT molecular complexity index is 655. The second-order valence-electron chi connectivity index (χ2n) is 6.37. The van der Waals surface area contributed by atoms with E-state index in [-0.39, 0.29) is 24.9 Å². The Balaban J connectivity index is 1.89. The summed E-state index contributed by atoms with van der Waals surface area (Å²) in [6, 6.07) is 0.746. The summed E-state index contributed by atoms with van der Waals surface area (Å²) in [5.41, 5.74) is 1.65. The molecule has 1 aromatic rings. The molecule has 0 aromatic carbocycles. The van der Waals surface area contributed by atoms with E-state index < -0.39 is 24.2 Å². The Morgan fingerprint density at radius 1 is 1.33 bits per heavy atom. The molecule has 8 heteroatoms. The molecule has 2 atom stereocenters. The van der Waals surface area contributed by atoms with Gasteiger partial charge in [0.15, 0.2) is 0 Å². The summed E-state index contributed by atoms with van der Waals surface area (Å²) in [5, 5.41) is 5.13. The van der Waals surface area contributed by atoms with Crippen molar-refractivity contribution in [3.8, 4) is 0 Å². The minimum atomic E-state index is -4.22. The molecule has 1 aromatic heterocycles. The van der Waals surface area contributed by atoms with Gasteiger partial charge in [0.2, 0.25) is 0 Å². The third kappa shape index (κ3) is 4.75. The predicted octanol–water partition coefficient (Wildman–Crippen LogP) is 2.91. The summed E-state index contributed by atoms with van der Waals surface area (Å²) in [6.45, 7) is 3.56. The number of carbonyl (C=O) groups is 1. The zero-order chi connectivity index (χ0) is 17.9. The van der Waals surface area contributed by atoms with Crippen molar-refractivity contribution in [3.63, 3.8) is 0 Å². The maximum absolute atomic E-state index is 12.8. The number of carbonyl (C=O) groups excluding carboxylic acids is 1. The summed E-state index contributed by atoms with van der Waals surface area (Å²) in [6.07, 6.45) is -3.23. The lowest BCUT2D eigenvalue weighted by Gasteiger charge is -2.31. The molecule has 1 heterocycles. The molecular formula is C16H22F3N3O2. The molecule has 134 valence electrons. The van der Waals surface area contributed by atoms with Crippen molar-refractivity contribution < 1.29 is 18.0 Å². The molecule has 24 heavy (non-hydrogen) atoms. The van der Waals surface area contributed by atoms with Crippen molar-refractivity contribution in [3.05, 3.63) is 33.2 Å². The topological polar surface area (TPSA) is 74.0 Å². The van der Waals surface area contributed by atoms with Gasteiger partial charge in [0.1, 0.15) is 0 Å². The van der Waals surface area contributed by atoms with Crippen LogP contribution < -0.4 is 16.2 Å². The number of rotatable bonds is 3. The van der Waals surface area contributed by atoms with E-state index in [0.29, 0.717) is 18.4 Å². The van der Waals surface area contributed by atoms with Crippen LogP contribution in [-0.2, 0) is 6.54 Å². The number of H-pyrrole nitrogens is 1. The highest BCUT2D eigenvalue weighted by molar-refractivity contribution is 5.74. The maximum atomic E-state index is 12.8. The molecule has 0 unspecified atom stereocenters. The van der Waals surface area contributed by atoms with E-state index in [9.17, 15) is 22.8 Å². The lowest BCUT2D eigenvalue weighted by atomic mass is 9.85. The molecule has 0 spiro atoms. The Kier molecular flexibility index (Phi) is 5.56. The van der Waals surface area contributed by atoms with Gasteiger partial charge in [0, 0.05) is 17.3 Å². The Morgan fingerprint density at radius 3 is 2.67 bits per heavy atom. The molecule has 1 aliphatic carbocycles. The molecule has 2 rings (SSSR count). The van der Waals surface area contributed by atoms with Gasteiger partial charge in [-0.15, -0.1) is 0 Å². The van der Waals surface area contributed by atoms with Gasteiger partial charge in [-0.1, -0.05) is 6.42 Å². The van der Waals surface area contributed by atoms with Gasteiger partial charge in [-0.25, -0.2) is 4.79 Å². The van der Waals surface area contributed by atoms with E-state index in [1.807, 2.05) is 0 Å². The van der Waals surface area contributed by atoms with E-state index in [1.165, 1.54) is 0 Å². The molecule has 1 saturated carbocycles. The molecule has 5 nitrogen and oxygen atoms in total. The number of aromatic amines is 1. The number of hydrogen-bond acceptors (Lipinski definition) is 2. The third-order valence-electron chi connectivity index (χ3n) is 4.39. The number of aryl methyl sites for hydroxylation is 2. The largest absolute Gasteiger partial charge is 0.391 e. The lowest BCUT2D eigenvalue weighted by molar-refractivity contribution is -0.183. The fourth-order valence-corrected chi connectivity index (χ4v) is 3.12. The number of nitrogens with one attached hydrogen (secondary N) is 3. The number of pyridine rings is 1. The number of halogens is 3. The van der Waals surface area contributed by atoms with Crippen molar-refractivity contribution in [1.82, 2.24) is 15.6 Å². The fourth-order valence-electron chi connectivity index (χ4n) is 3.12. The van der Waals surface area contributed by atoms with Crippen molar-refractivity contribution in [2.45, 2.75) is 58.3 Å². The van der Waals surface area contributed by atoms with Gasteiger partial charge >= 0.3 is 12.2 Å². The minimum absolute atomic E-state index is 0.0305. The maximum Gasteiger partial charge on any atom is 0.391 e. The molecule has 0 aliphatic heterocycles. The number of urea groups is 1. The Labute approximate surface area is 138 Å². The first kappa shape index (κ1) is 18.4. The van der Waals surface area contributed by atoms with Crippen LogP contribution in [0.2, 0.25) is 0 Å². The zero-order valence-corrected chi connectivity index (χ0v) is 13.7. The highest BCUT2D eigenvalue weighted by Gasteiger charge is 2.42. The van der Waals surface area contributed by atoms with Crippen molar-refractivity contribution in [2.75, 3.05) is 0 Å². The summed E-state index contributed by atoms with van der Waals surface area (Å²) in [5.74, 6) is -1.36. The predicted molar refractivity (Wildman–Crippen MR) is 83.7 cm³/mol. The van der Waals surface area contributed by atoms with Crippen LogP contribution in [-0.4, -0.2) is 23.2 Å². The molecule has 0 radical (unpaired) electrons. The Morgan fingerprint density at radius 2 is 2.04 bits per heavy atom. The summed E-state index contributed by atoms with van der Waals surface area (Å²) in [4.78, 5) is 26.4. The normalized spacial score (nSPS) is 21.4. The zero-order valence-electron chi connectivity index (χ0n) is 13.7. The summed E-state index contributed by atoms with van der Waals surface area (Å²) >= 11 is 0. The van der Waals surface area contributed by atoms with Gasteiger partial charge in [-0.05, 0) is 44.7 Å².